The van der Waals surface area contributed by atoms with E-state index >= 15 is 0 Å². The number of likely N-dealkylation sites (N-methyl/N-ethyl adjacent to an activating group) is 1. The molecule has 0 aliphatic rings. The van der Waals surface area contributed by atoms with Gasteiger partial charge in [0, 0.05) is 31.2 Å². The molecule has 2 N–H and O–H groups in total. The maximum Gasteiger partial charge on any atom is 0.191 e. The van der Waals surface area contributed by atoms with Crippen LogP contribution in [-0.2, 0) is 6.42 Å². The third-order valence-electron chi connectivity index (χ3n) is 3.48. The summed E-state index contributed by atoms with van der Waals surface area (Å²) < 4.78 is 14.5. The maximum absolute atomic E-state index is 13.7. The topological polar surface area (TPSA) is 39.7 Å². The number of nitrogens with one attached hydrogen (secondary N) is 2. The van der Waals surface area contributed by atoms with Gasteiger partial charge in [-0.05, 0) is 44.1 Å². The molecule has 7 heteroatoms. The standard InChI is InChI=1S/C16H26BrFN4.HI/c1-4-22(3)11-10-21-16(19-2)20-9-5-6-13-7-8-14(17)12-15(13)18;/h7-8,12H,4-6,9-11H2,1-3H3,(H2,19,20,21);1H. The molecule has 132 valence electrons. The van der Waals surface area contributed by atoms with Gasteiger partial charge in [0.2, 0.25) is 0 Å². The molecule has 0 spiro atoms. The average molecular weight is 501 g/mol. The van der Waals surface area contributed by atoms with Crippen LogP contribution in [0.15, 0.2) is 27.7 Å². The zero-order valence-corrected chi connectivity index (χ0v) is 17.9. The van der Waals surface area contributed by atoms with Gasteiger partial charge in [-0.2, -0.15) is 0 Å². The zero-order chi connectivity index (χ0) is 16.4. The van der Waals surface area contributed by atoms with Gasteiger partial charge in [0.1, 0.15) is 5.82 Å². The highest BCUT2D eigenvalue weighted by Gasteiger charge is 2.03. The van der Waals surface area contributed by atoms with Gasteiger partial charge in [-0.3, -0.25) is 4.99 Å². The van der Waals surface area contributed by atoms with Crippen molar-refractivity contribution >= 4 is 45.9 Å². The van der Waals surface area contributed by atoms with Crippen molar-refractivity contribution in [1.82, 2.24) is 15.5 Å². The van der Waals surface area contributed by atoms with Crippen molar-refractivity contribution in [3.63, 3.8) is 0 Å². The van der Waals surface area contributed by atoms with Crippen LogP contribution in [0, 0.1) is 5.82 Å². The summed E-state index contributed by atoms with van der Waals surface area (Å²) in [5.74, 6) is 0.639. The van der Waals surface area contributed by atoms with Crippen LogP contribution in [0.2, 0.25) is 0 Å². The Morgan fingerprint density at radius 2 is 2.00 bits per heavy atom. The lowest BCUT2D eigenvalue weighted by atomic mass is 10.1. The Hall–Kier alpha value is -0.410. The smallest absolute Gasteiger partial charge is 0.191 e. The lowest BCUT2D eigenvalue weighted by Crippen LogP contribution is -2.41. The van der Waals surface area contributed by atoms with E-state index in [1.54, 1.807) is 7.05 Å². The third kappa shape index (κ3) is 9.46. The number of benzene rings is 1. The van der Waals surface area contributed by atoms with Crippen molar-refractivity contribution in [3.8, 4) is 0 Å². The van der Waals surface area contributed by atoms with Crippen LogP contribution in [0.5, 0.6) is 0 Å². The molecule has 4 nitrogen and oxygen atoms in total. The number of rotatable bonds is 8. The molecule has 0 aliphatic carbocycles. The van der Waals surface area contributed by atoms with E-state index in [1.165, 1.54) is 6.07 Å². The first-order chi connectivity index (χ1) is 10.6. The Bertz CT molecular complexity index is 485. The maximum atomic E-state index is 13.7. The van der Waals surface area contributed by atoms with Crippen molar-refractivity contribution < 1.29 is 4.39 Å². The number of hydrogen-bond donors (Lipinski definition) is 2. The number of aliphatic imine (C=N–C) groups is 1. The van der Waals surface area contributed by atoms with E-state index in [2.05, 4.69) is 50.4 Å². The van der Waals surface area contributed by atoms with Gasteiger partial charge in [0.15, 0.2) is 5.96 Å². The number of hydrogen-bond acceptors (Lipinski definition) is 2. The van der Waals surface area contributed by atoms with Crippen molar-refractivity contribution in [2.24, 2.45) is 4.99 Å². The molecule has 0 saturated carbocycles. The number of halogens is 3. The van der Waals surface area contributed by atoms with Gasteiger partial charge in [-0.15, -0.1) is 24.0 Å². The van der Waals surface area contributed by atoms with E-state index in [4.69, 9.17) is 0 Å². The largest absolute Gasteiger partial charge is 0.356 e. The molecule has 0 atom stereocenters. The Morgan fingerprint density at radius 1 is 1.30 bits per heavy atom. The Kier molecular flexibility index (Phi) is 12.7. The second kappa shape index (κ2) is 12.9. The van der Waals surface area contributed by atoms with Crippen molar-refractivity contribution in [2.45, 2.75) is 19.8 Å². The fraction of sp³-hybridized carbons (Fsp3) is 0.562. The average Bonchev–Trinajstić information content (AvgIpc) is 2.51. The predicted molar refractivity (Wildman–Crippen MR) is 110 cm³/mol. The number of nitrogens with zero attached hydrogens (tertiary/aromatic N) is 2. The quantitative estimate of drug-likeness (QED) is 0.249. The molecule has 1 aromatic rings. The number of aryl methyl sites for hydroxylation is 1. The highest BCUT2D eigenvalue weighted by atomic mass is 127. The minimum atomic E-state index is -0.153. The summed E-state index contributed by atoms with van der Waals surface area (Å²) in [4.78, 5) is 6.41. The molecule has 0 radical (unpaired) electrons. The summed E-state index contributed by atoms with van der Waals surface area (Å²) in [6, 6.07) is 5.21. The highest BCUT2D eigenvalue weighted by molar-refractivity contribution is 14.0. The molecule has 0 amide bonds. The molecule has 0 aliphatic heterocycles. The minimum absolute atomic E-state index is 0. The van der Waals surface area contributed by atoms with E-state index in [1.807, 2.05) is 12.1 Å². The van der Waals surface area contributed by atoms with Crippen molar-refractivity contribution in [3.05, 3.63) is 34.1 Å². The van der Waals surface area contributed by atoms with E-state index in [-0.39, 0.29) is 29.8 Å². The number of guanidine groups is 1. The van der Waals surface area contributed by atoms with Crippen LogP contribution in [0.25, 0.3) is 0 Å². The van der Waals surface area contributed by atoms with E-state index < -0.39 is 0 Å². The van der Waals surface area contributed by atoms with E-state index in [0.29, 0.717) is 6.42 Å². The Labute approximate surface area is 164 Å². The SMILES string of the molecule is CCN(C)CCNC(=NC)NCCCc1ccc(Br)cc1F.I. The third-order valence-corrected chi connectivity index (χ3v) is 3.97. The molecule has 0 saturated heterocycles. The summed E-state index contributed by atoms with van der Waals surface area (Å²) >= 11 is 3.27. The van der Waals surface area contributed by atoms with Crippen LogP contribution >= 0.6 is 39.9 Å². The first-order valence-corrected chi connectivity index (χ1v) is 8.43. The monoisotopic (exact) mass is 500 g/mol. The molecular formula is C16H27BrFIN4. The zero-order valence-electron chi connectivity index (χ0n) is 14.0. The fourth-order valence-electron chi connectivity index (χ4n) is 1.95. The first kappa shape index (κ1) is 22.6. The van der Waals surface area contributed by atoms with Crippen molar-refractivity contribution in [2.75, 3.05) is 40.3 Å². The van der Waals surface area contributed by atoms with E-state index in [0.717, 1.165) is 48.6 Å². The molecule has 23 heavy (non-hydrogen) atoms. The molecular weight excluding hydrogens is 474 g/mol. The van der Waals surface area contributed by atoms with Gasteiger partial charge in [-0.1, -0.05) is 28.9 Å². The summed E-state index contributed by atoms with van der Waals surface area (Å²) in [5.41, 5.74) is 0.748. The second-order valence-electron chi connectivity index (χ2n) is 5.16. The summed E-state index contributed by atoms with van der Waals surface area (Å²) in [5, 5.41) is 6.52. The molecule has 0 heterocycles. The van der Waals surface area contributed by atoms with Gasteiger partial charge in [-0.25, -0.2) is 4.39 Å². The van der Waals surface area contributed by atoms with Gasteiger partial charge in [0.05, 0.1) is 0 Å². The first-order valence-electron chi connectivity index (χ1n) is 7.63. The molecule has 1 aromatic carbocycles. The summed E-state index contributed by atoms with van der Waals surface area (Å²) in [7, 11) is 3.85. The van der Waals surface area contributed by atoms with Gasteiger partial charge in [0.25, 0.3) is 0 Å². The summed E-state index contributed by atoms with van der Waals surface area (Å²) in [6.45, 7) is 5.76. The molecule has 0 fully saturated rings. The lowest BCUT2D eigenvalue weighted by molar-refractivity contribution is 0.357. The van der Waals surface area contributed by atoms with Crippen LogP contribution in [0.3, 0.4) is 0 Å². The predicted octanol–water partition coefficient (Wildman–Crippen LogP) is 3.26. The normalized spacial score (nSPS) is 11.3. The van der Waals surface area contributed by atoms with Crippen LogP contribution in [-0.4, -0.2) is 51.1 Å². The summed E-state index contributed by atoms with van der Waals surface area (Å²) in [6.07, 6.45) is 1.57. The molecule has 0 unspecified atom stereocenters. The van der Waals surface area contributed by atoms with E-state index in [9.17, 15) is 4.39 Å². The van der Waals surface area contributed by atoms with Crippen LogP contribution in [0.1, 0.15) is 18.9 Å². The van der Waals surface area contributed by atoms with Gasteiger partial charge < -0.3 is 15.5 Å². The second-order valence-corrected chi connectivity index (χ2v) is 6.08. The highest BCUT2D eigenvalue weighted by Crippen LogP contribution is 2.16. The Morgan fingerprint density at radius 3 is 2.61 bits per heavy atom. The van der Waals surface area contributed by atoms with Crippen LogP contribution < -0.4 is 10.6 Å². The minimum Gasteiger partial charge on any atom is -0.356 e. The van der Waals surface area contributed by atoms with Gasteiger partial charge >= 0.3 is 0 Å². The molecule has 1 rings (SSSR count). The lowest BCUT2D eigenvalue weighted by Gasteiger charge is -2.16. The molecule has 0 aromatic heterocycles. The molecule has 0 bridgehead atoms. The van der Waals surface area contributed by atoms with Crippen LogP contribution in [0.4, 0.5) is 4.39 Å². The fourth-order valence-corrected chi connectivity index (χ4v) is 2.29. The van der Waals surface area contributed by atoms with Crippen molar-refractivity contribution in [1.29, 1.82) is 0 Å². The Balaban J connectivity index is 0.00000484.